The normalized spacial score (nSPS) is 10.4. The molecule has 0 atom stereocenters. The highest BCUT2D eigenvalue weighted by Gasteiger charge is 2.15. The average Bonchev–Trinajstić information content (AvgIpc) is 2.35. The zero-order valence-corrected chi connectivity index (χ0v) is 11.2. The monoisotopic (exact) mass is 330 g/mol. The van der Waals surface area contributed by atoms with E-state index < -0.39 is 17.4 Å². The Kier molecular flexibility index (Phi) is 3.78. The fraction of sp³-hybridized carbons (Fsp3) is 0. The van der Waals surface area contributed by atoms with Gasteiger partial charge in [-0.1, -0.05) is 27.5 Å². The van der Waals surface area contributed by atoms with Crippen LogP contribution in [0.2, 0.25) is 5.02 Å². The minimum Gasteiger partial charge on any atom is -0.289 e. The van der Waals surface area contributed by atoms with Gasteiger partial charge in [0.15, 0.2) is 17.4 Å². The van der Waals surface area contributed by atoms with Crippen LogP contribution in [0, 0.1) is 11.6 Å². The van der Waals surface area contributed by atoms with Crippen molar-refractivity contribution in [2.24, 2.45) is 0 Å². The number of hydrogen-bond acceptors (Lipinski definition) is 1. The molecule has 2 aromatic rings. The van der Waals surface area contributed by atoms with Gasteiger partial charge in [0.25, 0.3) is 0 Å². The summed E-state index contributed by atoms with van der Waals surface area (Å²) >= 11 is 9.01. The summed E-state index contributed by atoms with van der Waals surface area (Å²) in [6.45, 7) is 0. The highest BCUT2D eigenvalue weighted by molar-refractivity contribution is 9.10. The number of carbonyl (C=O) groups excluding carboxylic acids is 1. The van der Waals surface area contributed by atoms with Crippen molar-refractivity contribution in [1.82, 2.24) is 0 Å². The Balaban J connectivity index is 2.47. The minimum absolute atomic E-state index is 0.0665. The Morgan fingerprint density at radius 3 is 2.44 bits per heavy atom. The predicted molar refractivity (Wildman–Crippen MR) is 68.9 cm³/mol. The molecule has 0 spiro atoms. The van der Waals surface area contributed by atoms with Gasteiger partial charge < -0.3 is 0 Å². The largest absolute Gasteiger partial charge is 0.289 e. The summed E-state index contributed by atoms with van der Waals surface area (Å²) in [6.07, 6.45) is 0. The summed E-state index contributed by atoms with van der Waals surface area (Å²) in [5, 5.41) is 0.393. The maximum absolute atomic E-state index is 13.1. The maximum atomic E-state index is 13.1. The number of benzene rings is 2. The molecular weight excluding hydrogens is 325 g/mol. The van der Waals surface area contributed by atoms with Crippen molar-refractivity contribution >= 4 is 33.3 Å². The third kappa shape index (κ3) is 2.60. The molecule has 0 aliphatic rings. The molecular formula is C13H6BrClF2O. The molecule has 2 rings (SSSR count). The Morgan fingerprint density at radius 2 is 1.78 bits per heavy atom. The van der Waals surface area contributed by atoms with Crippen LogP contribution >= 0.6 is 27.5 Å². The van der Waals surface area contributed by atoms with Crippen LogP contribution in [0.25, 0.3) is 0 Å². The summed E-state index contributed by atoms with van der Waals surface area (Å²) in [6, 6.07) is 7.72. The Hall–Kier alpha value is -1.26. The molecule has 0 aliphatic heterocycles. The van der Waals surface area contributed by atoms with Gasteiger partial charge in [0.2, 0.25) is 0 Å². The van der Waals surface area contributed by atoms with Crippen LogP contribution in [0.5, 0.6) is 0 Å². The first-order valence-electron chi connectivity index (χ1n) is 4.94. The third-order valence-corrected chi connectivity index (χ3v) is 3.28. The quantitative estimate of drug-likeness (QED) is 0.734. The number of hydrogen-bond donors (Lipinski definition) is 0. The highest BCUT2D eigenvalue weighted by Crippen LogP contribution is 2.24. The molecule has 0 saturated carbocycles. The van der Waals surface area contributed by atoms with Crippen LogP contribution in [0.4, 0.5) is 8.78 Å². The Labute approximate surface area is 116 Å². The van der Waals surface area contributed by atoms with Gasteiger partial charge in [-0.15, -0.1) is 0 Å². The second-order valence-electron chi connectivity index (χ2n) is 3.58. The topological polar surface area (TPSA) is 17.1 Å². The SMILES string of the molecule is O=C(c1ccc(F)c(F)c1)c1cc(Cl)ccc1Br. The molecule has 0 heterocycles. The molecule has 0 N–H and O–H groups in total. The van der Waals surface area contributed by atoms with Crippen LogP contribution in [0.15, 0.2) is 40.9 Å². The molecule has 0 amide bonds. The van der Waals surface area contributed by atoms with Crippen molar-refractivity contribution in [3.63, 3.8) is 0 Å². The van der Waals surface area contributed by atoms with E-state index in [1.54, 1.807) is 12.1 Å². The molecule has 92 valence electrons. The molecule has 0 saturated heterocycles. The van der Waals surface area contributed by atoms with Crippen molar-refractivity contribution < 1.29 is 13.6 Å². The molecule has 0 radical (unpaired) electrons. The van der Waals surface area contributed by atoms with E-state index in [0.717, 1.165) is 12.1 Å². The van der Waals surface area contributed by atoms with E-state index in [1.807, 2.05) is 0 Å². The fourth-order valence-corrected chi connectivity index (χ4v) is 2.06. The predicted octanol–water partition coefficient (Wildman–Crippen LogP) is 4.61. The number of ketones is 1. The van der Waals surface area contributed by atoms with Crippen LogP contribution in [0.1, 0.15) is 15.9 Å². The summed E-state index contributed by atoms with van der Waals surface area (Å²) in [7, 11) is 0. The van der Waals surface area contributed by atoms with Crippen LogP contribution in [0.3, 0.4) is 0 Å². The molecule has 0 aliphatic carbocycles. The van der Waals surface area contributed by atoms with E-state index in [9.17, 15) is 13.6 Å². The zero-order chi connectivity index (χ0) is 13.3. The van der Waals surface area contributed by atoms with Gasteiger partial charge >= 0.3 is 0 Å². The second-order valence-corrected chi connectivity index (χ2v) is 4.87. The Bertz CT molecular complexity index is 628. The van der Waals surface area contributed by atoms with Crippen molar-refractivity contribution in [2.75, 3.05) is 0 Å². The zero-order valence-electron chi connectivity index (χ0n) is 8.88. The Morgan fingerprint density at radius 1 is 1.06 bits per heavy atom. The van der Waals surface area contributed by atoms with Crippen molar-refractivity contribution in [2.45, 2.75) is 0 Å². The summed E-state index contributed by atoms with van der Waals surface area (Å²) in [5.74, 6) is -2.47. The minimum atomic E-state index is -1.06. The van der Waals surface area contributed by atoms with Gasteiger partial charge in [0.05, 0.1) is 0 Å². The lowest BCUT2D eigenvalue weighted by molar-refractivity contribution is 0.103. The molecule has 2 aromatic carbocycles. The number of rotatable bonds is 2. The van der Waals surface area contributed by atoms with Gasteiger partial charge in [0, 0.05) is 20.6 Å². The van der Waals surface area contributed by atoms with Gasteiger partial charge in [-0.2, -0.15) is 0 Å². The molecule has 0 fully saturated rings. The summed E-state index contributed by atoms with van der Waals surface area (Å²) < 4.78 is 26.4. The van der Waals surface area contributed by atoms with Gasteiger partial charge in [-0.05, 0) is 36.4 Å². The summed E-state index contributed by atoms with van der Waals surface area (Å²) in [5.41, 5.74) is 0.366. The third-order valence-electron chi connectivity index (χ3n) is 2.35. The van der Waals surface area contributed by atoms with E-state index >= 15 is 0 Å². The van der Waals surface area contributed by atoms with Crippen molar-refractivity contribution in [3.05, 3.63) is 68.7 Å². The van der Waals surface area contributed by atoms with Crippen LogP contribution in [-0.2, 0) is 0 Å². The lowest BCUT2D eigenvalue weighted by Gasteiger charge is -2.05. The van der Waals surface area contributed by atoms with E-state index in [4.69, 9.17) is 11.6 Å². The number of halogens is 4. The molecule has 0 unspecified atom stereocenters. The lowest BCUT2D eigenvalue weighted by atomic mass is 10.0. The van der Waals surface area contributed by atoms with Crippen molar-refractivity contribution in [1.29, 1.82) is 0 Å². The molecule has 5 heteroatoms. The van der Waals surface area contributed by atoms with E-state index in [0.29, 0.717) is 15.1 Å². The molecule has 18 heavy (non-hydrogen) atoms. The smallest absolute Gasteiger partial charge is 0.194 e. The van der Waals surface area contributed by atoms with Gasteiger partial charge in [-0.25, -0.2) is 8.78 Å². The van der Waals surface area contributed by atoms with E-state index in [2.05, 4.69) is 15.9 Å². The van der Waals surface area contributed by atoms with Crippen molar-refractivity contribution in [3.8, 4) is 0 Å². The molecule has 0 aromatic heterocycles. The highest BCUT2D eigenvalue weighted by atomic mass is 79.9. The van der Waals surface area contributed by atoms with E-state index in [-0.39, 0.29) is 5.56 Å². The maximum Gasteiger partial charge on any atom is 0.194 e. The molecule has 0 bridgehead atoms. The fourth-order valence-electron chi connectivity index (χ4n) is 1.46. The first-order chi connectivity index (χ1) is 8.49. The van der Waals surface area contributed by atoms with Crippen LogP contribution in [-0.4, -0.2) is 5.78 Å². The number of carbonyl (C=O) groups is 1. The molecule has 1 nitrogen and oxygen atoms in total. The first kappa shape index (κ1) is 13.2. The summed E-state index contributed by atoms with van der Waals surface area (Å²) in [4.78, 5) is 12.1. The van der Waals surface area contributed by atoms with Crippen LogP contribution < -0.4 is 0 Å². The lowest BCUT2D eigenvalue weighted by Crippen LogP contribution is -2.03. The van der Waals surface area contributed by atoms with Gasteiger partial charge in [0.1, 0.15) is 0 Å². The van der Waals surface area contributed by atoms with E-state index in [1.165, 1.54) is 12.1 Å². The average molecular weight is 332 g/mol. The second kappa shape index (κ2) is 5.16. The van der Waals surface area contributed by atoms with Gasteiger partial charge in [-0.3, -0.25) is 4.79 Å². The standard InChI is InChI=1S/C13H6BrClF2O/c14-10-3-2-8(15)6-9(10)13(18)7-1-4-11(16)12(17)5-7/h1-6H. The first-order valence-corrected chi connectivity index (χ1v) is 6.11.